The molecule has 1 aliphatic heterocycles. The standard InChI is InChI=1S/C14H17N3O2S/c1-3-19-12-10-9(2)11(20-13(10)16-8-15-12)14(18)17-6-4-5-7-17/h8H,3-7H2,1-2H3. The molecule has 1 saturated heterocycles. The van der Waals surface area contributed by atoms with Gasteiger partial charge in [-0.1, -0.05) is 0 Å². The minimum Gasteiger partial charge on any atom is -0.477 e. The van der Waals surface area contributed by atoms with Crippen LogP contribution in [0.3, 0.4) is 0 Å². The molecule has 0 bridgehead atoms. The van der Waals surface area contributed by atoms with Gasteiger partial charge in [0.05, 0.1) is 16.9 Å². The van der Waals surface area contributed by atoms with Gasteiger partial charge in [-0.15, -0.1) is 11.3 Å². The normalized spacial score (nSPS) is 15.0. The lowest BCUT2D eigenvalue weighted by Crippen LogP contribution is -2.27. The zero-order valence-electron chi connectivity index (χ0n) is 11.7. The van der Waals surface area contributed by atoms with Crippen molar-refractivity contribution in [1.82, 2.24) is 14.9 Å². The maximum absolute atomic E-state index is 12.6. The number of thiophene rings is 1. The summed E-state index contributed by atoms with van der Waals surface area (Å²) < 4.78 is 5.55. The second kappa shape index (κ2) is 5.36. The largest absolute Gasteiger partial charge is 0.477 e. The number of likely N-dealkylation sites (tertiary alicyclic amines) is 1. The Balaban J connectivity index is 2.06. The molecule has 3 rings (SSSR count). The van der Waals surface area contributed by atoms with Crippen LogP contribution in [0.15, 0.2) is 6.33 Å². The molecule has 106 valence electrons. The highest BCUT2D eigenvalue weighted by molar-refractivity contribution is 7.20. The van der Waals surface area contributed by atoms with E-state index in [0.29, 0.717) is 12.5 Å². The van der Waals surface area contributed by atoms with E-state index in [1.165, 1.54) is 17.7 Å². The third kappa shape index (κ3) is 2.14. The van der Waals surface area contributed by atoms with Gasteiger partial charge in [-0.2, -0.15) is 0 Å². The Morgan fingerprint density at radius 2 is 2.15 bits per heavy atom. The van der Waals surface area contributed by atoms with Crippen LogP contribution >= 0.6 is 11.3 Å². The molecule has 1 aliphatic rings. The maximum atomic E-state index is 12.6. The van der Waals surface area contributed by atoms with Gasteiger partial charge in [0.15, 0.2) is 0 Å². The molecule has 3 heterocycles. The van der Waals surface area contributed by atoms with Crippen LogP contribution in [0.2, 0.25) is 0 Å². The van der Waals surface area contributed by atoms with Crippen LogP contribution in [-0.2, 0) is 0 Å². The Kier molecular flexibility index (Phi) is 3.56. The number of fused-ring (bicyclic) bond motifs is 1. The Morgan fingerprint density at radius 3 is 2.85 bits per heavy atom. The average molecular weight is 291 g/mol. The molecule has 1 amide bonds. The van der Waals surface area contributed by atoms with Gasteiger partial charge in [-0.05, 0) is 32.3 Å². The van der Waals surface area contributed by atoms with Gasteiger partial charge in [-0.3, -0.25) is 4.79 Å². The van der Waals surface area contributed by atoms with Crippen molar-refractivity contribution in [3.05, 3.63) is 16.8 Å². The molecule has 0 aliphatic carbocycles. The van der Waals surface area contributed by atoms with Gasteiger partial charge in [0.1, 0.15) is 11.2 Å². The number of carbonyl (C=O) groups excluding carboxylic acids is 1. The zero-order valence-corrected chi connectivity index (χ0v) is 12.5. The first kappa shape index (κ1) is 13.3. The van der Waals surface area contributed by atoms with Crippen molar-refractivity contribution >= 4 is 27.5 Å². The third-order valence-electron chi connectivity index (χ3n) is 3.56. The first-order valence-electron chi connectivity index (χ1n) is 6.88. The van der Waals surface area contributed by atoms with Gasteiger partial charge < -0.3 is 9.64 Å². The number of hydrogen-bond donors (Lipinski definition) is 0. The number of nitrogens with zero attached hydrogens (tertiary/aromatic N) is 3. The Morgan fingerprint density at radius 1 is 1.40 bits per heavy atom. The van der Waals surface area contributed by atoms with Crippen molar-refractivity contribution in [2.75, 3.05) is 19.7 Å². The molecule has 1 fully saturated rings. The van der Waals surface area contributed by atoms with Crippen molar-refractivity contribution in [2.24, 2.45) is 0 Å². The molecule has 0 atom stereocenters. The lowest BCUT2D eigenvalue weighted by Gasteiger charge is -2.14. The molecule has 0 saturated carbocycles. The Bertz CT molecular complexity index is 647. The van der Waals surface area contributed by atoms with E-state index in [0.717, 1.165) is 46.6 Å². The monoisotopic (exact) mass is 291 g/mol. The summed E-state index contributed by atoms with van der Waals surface area (Å²) in [6.07, 6.45) is 3.69. The fraction of sp³-hybridized carbons (Fsp3) is 0.500. The molecule has 6 heteroatoms. The van der Waals surface area contributed by atoms with Gasteiger partial charge in [-0.25, -0.2) is 9.97 Å². The lowest BCUT2D eigenvalue weighted by molar-refractivity contribution is 0.0797. The lowest BCUT2D eigenvalue weighted by atomic mass is 10.2. The molecular weight excluding hydrogens is 274 g/mol. The fourth-order valence-electron chi connectivity index (χ4n) is 2.55. The van der Waals surface area contributed by atoms with Crippen molar-refractivity contribution < 1.29 is 9.53 Å². The number of ether oxygens (including phenoxy) is 1. The summed E-state index contributed by atoms with van der Waals surface area (Å²) >= 11 is 1.44. The van der Waals surface area contributed by atoms with Crippen molar-refractivity contribution in [1.29, 1.82) is 0 Å². The van der Waals surface area contributed by atoms with Crippen molar-refractivity contribution in [3.63, 3.8) is 0 Å². The molecule has 0 aromatic carbocycles. The smallest absolute Gasteiger partial charge is 0.264 e. The minimum absolute atomic E-state index is 0.116. The number of aryl methyl sites for hydroxylation is 1. The van der Waals surface area contributed by atoms with Crippen LogP contribution in [0, 0.1) is 6.92 Å². The molecule has 2 aromatic rings. The zero-order chi connectivity index (χ0) is 14.1. The highest BCUT2D eigenvalue weighted by Gasteiger charge is 2.25. The van der Waals surface area contributed by atoms with E-state index in [4.69, 9.17) is 4.74 Å². The van der Waals surface area contributed by atoms with Gasteiger partial charge in [0.25, 0.3) is 5.91 Å². The van der Waals surface area contributed by atoms with E-state index in [2.05, 4.69) is 9.97 Å². The van der Waals surface area contributed by atoms with Crippen molar-refractivity contribution in [3.8, 4) is 5.88 Å². The predicted octanol–water partition coefficient (Wildman–Crippen LogP) is 2.63. The van der Waals surface area contributed by atoms with E-state index in [-0.39, 0.29) is 5.91 Å². The number of hydrogen-bond acceptors (Lipinski definition) is 5. The van der Waals surface area contributed by atoms with Crippen LogP contribution in [0.25, 0.3) is 10.2 Å². The molecule has 2 aromatic heterocycles. The SMILES string of the molecule is CCOc1ncnc2sc(C(=O)N3CCCC3)c(C)c12. The number of aromatic nitrogens is 2. The van der Waals surface area contributed by atoms with Crippen LogP contribution in [0.5, 0.6) is 5.88 Å². The molecule has 5 nitrogen and oxygen atoms in total. The fourth-order valence-corrected chi connectivity index (χ4v) is 3.66. The van der Waals surface area contributed by atoms with Crippen LogP contribution in [0.1, 0.15) is 35.0 Å². The van der Waals surface area contributed by atoms with Crippen LogP contribution < -0.4 is 4.74 Å². The average Bonchev–Trinajstić information content (AvgIpc) is 3.07. The molecular formula is C14H17N3O2S. The summed E-state index contributed by atoms with van der Waals surface area (Å²) in [7, 11) is 0. The predicted molar refractivity (Wildman–Crippen MR) is 78.5 cm³/mol. The second-order valence-corrected chi connectivity index (χ2v) is 5.85. The van der Waals surface area contributed by atoms with E-state index in [1.54, 1.807) is 0 Å². The highest BCUT2D eigenvalue weighted by Crippen LogP contribution is 2.35. The van der Waals surface area contributed by atoms with E-state index in [9.17, 15) is 4.79 Å². The molecule has 20 heavy (non-hydrogen) atoms. The van der Waals surface area contributed by atoms with Gasteiger partial charge in [0.2, 0.25) is 5.88 Å². The molecule has 0 unspecified atom stereocenters. The summed E-state index contributed by atoms with van der Waals surface area (Å²) in [6, 6.07) is 0. The van der Waals surface area contributed by atoms with Gasteiger partial charge in [0, 0.05) is 13.1 Å². The summed E-state index contributed by atoms with van der Waals surface area (Å²) in [5, 5.41) is 0.877. The summed E-state index contributed by atoms with van der Waals surface area (Å²) in [6.45, 7) is 6.14. The summed E-state index contributed by atoms with van der Waals surface area (Å²) in [5.41, 5.74) is 0.936. The van der Waals surface area contributed by atoms with Crippen LogP contribution in [-0.4, -0.2) is 40.5 Å². The molecule has 0 N–H and O–H groups in total. The number of amides is 1. The van der Waals surface area contributed by atoms with Gasteiger partial charge >= 0.3 is 0 Å². The minimum atomic E-state index is 0.116. The van der Waals surface area contributed by atoms with E-state index < -0.39 is 0 Å². The number of rotatable bonds is 3. The summed E-state index contributed by atoms with van der Waals surface area (Å²) in [4.78, 5) is 24.5. The second-order valence-electron chi connectivity index (χ2n) is 4.85. The Hall–Kier alpha value is -1.69. The Labute approximate surface area is 121 Å². The summed E-state index contributed by atoms with van der Waals surface area (Å²) in [5.74, 6) is 0.692. The van der Waals surface area contributed by atoms with E-state index >= 15 is 0 Å². The topological polar surface area (TPSA) is 55.3 Å². The third-order valence-corrected chi connectivity index (χ3v) is 4.75. The number of carbonyl (C=O) groups is 1. The van der Waals surface area contributed by atoms with Crippen molar-refractivity contribution in [2.45, 2.75) is 26.7 Å². The first-order chi connectivity index (χ1) is 9.72. The highest BCUT2D eigenvalue weighted by atomic mass is 32.1. The first-order valence-corrected chi connectivity index (χ1v) is 7.70. The maximum Gasteiger partial charge on any atom is 0.264 e. The van der Waals surface area contributed by atoms with Crippen LogP contribution in [0.4, 0.5) is 0 Å². The quantitative estimate of drug-likeness (QED) is 0.872. The molecule has 0 spiro atoms. The molecule has 0 radical (unpaired) electrons. The van der Waals surface area contributed by atoms with E-state index in [1.807, 2.05) is 18.7 Å².